The zero-order chi connectivity index (χ0) is 19.1. The number of carbonyl (C=O) groups is 1. The summed E-state index contributed by atoms with van der Waals surface area (Å²) in [6.45, 7) is 2.55. The fraction of sp³-hybridized carbons (Fsp3) is 0.391. The Morgan fingerprint density at radius 2 is 1.54 bits per heavy atom. The molecule has 0 spiro atoms. The predicted octanol–water partition coefficient (Wildman–Crippen LogP) is 4.49. The van der Waals surface area contributed by atoms with Gasteiger partial charge in [-0.05, 0) is 56.4 Å². The molecule has 1 aliphatic heterocycles. The van der Waals surface area contributed by atoms with Crippen molar-refractivity contribution in [1.82, 2.24) is 4.90 Å². The molecule has 0 unspecified atom stereocenters. The van der Waals surface area contributed by atoms with E-state index in [0.717, 1.165) is 56.4 Å². The molecule has 28 heavy (non-hydrogen) atoms. The summed E-state index contributed by atoms with van der Waals surface area (Å²) in [6, 6.07) is 22.7. The zero-order valence-corrected chi connectivity index (χ0v) is 16.8. The third kappa shape index (κ3) is 4.92. The SMILES string of the molecule is Cl.N#CC(CCCN1CCC(C(=O)O)CC1)(c1ccccc1)c1ccccc1. The average molecular weight is 399 g/mol. The molecule has 0 aromatic heterocycles. The number of hydrogen-bond acceptors (Lipinski definition) is 3. The Balaban J connectivity index is 0.00000280. The van der Waals surface area contributed by atoms with Crippen LogP contribution in [-0.2, 0) is 10.2 Å². The zero-order valence-electron chi connectivity index (χ0n) is 16.0. The molecule has 4 nitrogen and oxygen atoms in total. The highest BCUT2D eigenvalue weighted by molar-refractivity contribution is 5.85. The average Bonchev–Trinajstić information content (AvgIpc) is 2.73. The Kier molecular flexibility index (Phi) is 8.04. The molecule has 148 valence electrons. The smallest absolute Gasteiger partial charge is 0.306 e. The lowest BCUT2D eigenvalue weighted by molar-refractivity contribution is -0.143. The molecule has 0 atom stereocenters. The van der Waals surface area contributed by atoms with Crippen LogP contribution in [0.25, 0.3) is 0 Å². The third-order valence-electron chi connectivity index (χ3n) is 5.69. The maximum Gasteiger partial charge on any atom is 0.306 e. The third-order valence-corrected chi connectivity index (χ3v) is 5.69. The van der Waals surface area contributed by atoms with Gasteiger partial charge in [0.15, 0.2) is 0 Å². The number of carboxylic acids is 1. The highest BCUT2D eigenvalue weighted by Crippen LogP contribution is 2.36. The minimum atomic E-state index is -0.675. The number of rotatable bonds is 7. The number of piperidine rings is 1. The Morgan fingerprint density at radius 1 is 1.04 bits per heavy atom. The van der Waals surface area contributed by atoms with E-state index in [0.29, 0.717) is 0 Å². The molecule has 2 aromatic rings. The van der Waals surface area contributed by atoms with Gasteiger partial charge in [-0.2, -0.15) is 5.26 Å². The van der Waals surface area contributed by atoms with Gasteiger partial charge in [-0.3, -0.25) is 4.79 Å². The van der Waals surface area contributed by atoms with E-state index < -0.39 is 11.4 Å². The number of halogens is 1. The first-order valence-electron chi connectivity index (χ1n) is 9.63. The van der Waals surface area contributed by atoms with Crippen molar-refractivity contribution >= 4 is 18.4 Å². The highest BCUT2D eigenvalue weighted by Gasteiger charge is 2.34. The first-order valence-corrected chi connectivity index (χ1v) is 9.63. The van der Waals surface area contributed by atoms with Gasteiger partial charge in [-0.25, -0.2) is 0 Å². The molecule has 1 heterocycles. The largest absolute Gasteiger partial charge is 0.481 e. The molecular formula is C23H27ClN2O2. The van der Waals surface area contributed by atoms with Gasteiger partial charge in [0.1, 0.15) is 5.41 Å². The van der Waals surface area contributed by atoms with Crippen LogP contribution in [0.15, 0.2) is 60.7 Å². The second kappa shape index (κ2) is 10.3. The molecule has 1 N–H and O–H groups in total. The van der Waals surface area contributed by atoms with Crippen LogP contribution < -0.4 is 0 Å². The van der Waals surface area contributed by atoms with Crippen molar-refractivity contribution < 1.29 is 9.90 Å². The van der Waals surface area contributed by atoms with Crippen LogP contribution in [0.4, 0.5) is 0 Å². The minimum absolute atomic E-state index is 0. The van der Waals surface area contributed by atoms with Crippen LogP contribution in [0.2, 0.25) is 0 Å². The van der Waals surface area contributed by atoms with E-state index in [-0.39, 0.29) is 18.3 Å². The van der Waals surface area contributed by atoms with Crippen molar-refractivity contribution in [3.05, 3.63) is 71.8 Å². The van der Waals surface area contributed by atoms with Gasteiger partial charge >= 0.3 is 5.97 Å². The number of carboxylic acid groups (broad SMARTS) is 1. The Hall–Kier alpha value is -2.35. The fourth-order valence-corrected chi connectivity index (χ4v) is 4.06. The van der Waals surface area contributed by atoms with Crippen molar-refractivity contribution in [3.8, 4) is 6.07 Å². The molecule has 0 saturated carbocycles. The molecule has 0 bridgehead atoms. The summed E-state index contributed by atoms with van der Waals surface area (Å²) in [5, 5.41) is 19.3. The summed E-state index contributed by atoms with van der Waals surface area (Å²) >= 11 is 0. The quantitative estimate of drug-likeness (QED) is 0.746. The van der Waals surface area contributed by atoms with E-state index >= 15 is 0 Å². The summed E-state index contributed by atoms with van der Waals surface area (Å²) in [7, 11) is 0. The molecule has 1 saturated heterocycles. The summed E-state index contributed by atoms with van der Waals surface area (Å²) in [6.07, 6.45) is 3.08. The number of nitriles is 1. The molecule has 0 radical (unpaired) electrons. The van der Waals surface area contributed by atoms with Gasteiger partial charge in [0.05, 0.1) is 12.0 Å². The van der Waals surface area contributed by atoms with Crippen LogP contribution in [0.3, 0.4) is 0 Å². The van der Waals surface area contributed by atoms with E-state index in [2.05, 4.69) is 11.0 Å². The standard InChI is InChI=1S/C23H26N2O2.ClH/c24-18-23(20-8-3-1-4-9-20,21-10-5-2-6-11-21)14-7-15-25-16-12-19(13-17-25)22(26)27;/h1-6,8-11,19H,7,12-17H2,(H,26,27);1H. The van der Waals surface area contributed by atoms with E-state index in [4.69, 9.17) is 5.11 Å². The first kappa shape index (κ1) is 21.9. The predicted molar refractivity (Wildman–Crippen MR) is 113 cm³/mol. The number of aliphatic carboxylic acids is 1. The number of hydrogen-bond donors (Lipinski definition) is 1. The lowest BCUT2D eigenvalue weighted by Gasteiger charge is -2.32. The summed E-state index contributed by atoms with van der Waals surface area (Å²) < 4.78 is 0. The summed E-state index contributed by atoms with van der Waals surface area (Å²) in [5.74, 6) is -0.876. The van der Waals surface area contributed by atoms with Crippen molar-refractivity contribution in [2.24, 2.45) is 5.92 Å². The molecule has 1 fully saturated rings. The molecular weight excluding hydrogens is 372 g/mol. The van der Waals surface area contributed by atoms with Crippen LogP contribution >= 0.6 is 12.4 Å². The molecule has 0 aliphatic carbocycles. The van der Waals surface area contributed by atoms with Crippen molar-refractivity contribution in [2.45, 2.75) is 31.1 Å². The number of nitrogens with zero attached hydrogens (tertiary/aromatic N) is 2. The monoisotopic (exact) mass is 398 g/mol. The normalized spacial score (nSPS) is 15.4. The maximum absolute atomic E-state index is 11.1. The van der Waals surface area contributed by atoms with Gasteiger partial charge in [0, 0.05) is 0 Å². The molecule has 5 heteroatoms. The van der Waals surface area contributed by atoms with Gasteiger partial charge in [0.25, 0.3) is 0 Å². The minimum Gasteiger partial charge on any atom is -0.481 e. The van der Waals surface area contributed by atoms with Crippen LogP contribution in [0.1, 0.15) is 36.8 Å². The van der Waals surface area contributed by atoms with Crippen LogP contribution in [0, 0.1) is 17.2 Å². The van der Waals surface area contributed by atoms with Crippen molar-refractivity contribution in [3.63, 3.8) is 0 Å². The van der Waals surface area contributed by atoms with E-state index in [9.17, 15) is 10.1 Å². The number of likely N-dealkylation sites (tertiary alicyclic amines) is 1. The van der Waals surface area contributed by atoms with Crippen molar-refractivity contribution in [1.29, 1.82) is 5.26 Å². The lowest BCUT2D eigenvalue weighted by atomic mass is 9.72. The van der Waals surface area contributed by atoms with E-state index in [1.54, 1.807) is 0 Å². The van der Waals surface area contributed by atoms with Gasteiger partial charge < -0.3 is 10.0 Å². The molecule has 1 aliphatic rings. The summed E-state index contributed by atoms with van der Waals surface area (Å²) in [4.78, 5) is 13.4. The Morgan fingerprint density at radius 3 is 1.96 bits per heavy atom. The molecule has 2 aromatic carbocycles. The second-order valence-electron chi connectivity index (χ2n) is 7.31. The van der Waals surface area contributed by atoms with Gasteiger partial charge in [0.2, 0.25) is 0 Å². The Bertz CT molecular complexity index is 742. The highest BCUT2D eigenvalue weighted by atomic mass is 35.5. The van der Waals surface area contributed by atoms with E-state index in [1.165, 1.54) is 0 Å². The molecule has 0 amide bonds. The fourth-order valence-electron chi connectivity index (χ4n) is 4.06. The second-order valence-corrected chi connectivity index (χ2v) is 7.31. The van der Waals surface area contributed by atoms with Crippen LogP contribution in [0.5, 0.6) is 0 Å². The van der Waals surface area contributed by atoms with Crippen molar-refractivity contribution in [2.75, 3.05) is 19.6 Å². The first-order chi connectivity index (χ1) is 13.2. The van der Waals surface area contributed by atoms with Gasteiger partial charge in [-0.1, -0.05) is 60.7 Å². The Labute approximate surface area is 173 Å². The molecule has 3 rings (SSSR count). The topological polar surface area (TPSA) is 64.3 Å². The van der Waals surface area contributed by atoms with Gasteiger partial charge in [-0.15, -0.1) is 12.4 Å². The lowest BCUT2D eigenvalue weighted by Crippen LogP contribution is -2.37. The maximum atomic E-state index is 11.1. The van der Waals surface area contributed by atoms with E-state index in [1.807, 2.05) is 60.7 Å². The summed E-state index contributed by atoms with van der Waals surface area (Å²) in [5.41, 5.74) is 1.41. The van der Waals surface area contributed by atoms with Crippen LogP contribution in [-0.4, -0.2) is 35.6 Å². The number of benzene rings is 2.